The number of carbonyl (C=O) groups is 1. The minimum Gasteiger partial charge on any atom is -0.425 e. The molecule has 1 aromatic carbocycles. The van der Waals surface area contributed by atoms with Crippen LogP contribution in [0, 0.1) is 5.41 Å². The molecule has 2 saturated heterocycles. The molecule has 2 aliphatic heterocycles. The van der Waals surface area contributed by atoms with Gasteiger partial charge in [-0.15, -0.1) is 0 Å². The third-order valence-electron chi connectivity index (χ3n) is 5.98. The number of para-hydroxylation sites is 1. The maximum atomic E-state index is 12.5. The molecule has 0 atom stereocenters. The van der Waals surface area contributed by atoms with Gasteiger partial charge < -0.3 is 9.47 Å². The van der Waals surface area contributed by atoms with Gasteiger partial charge in [0.15, 0.2) is 0 Å². The standard InChI is InChI=1S/C20H25NO3/c22-18(10-21-11-20(12-21)8-9-23-13-20)24-19-16(14-4-5-14)2-1-3-17(19)15-6-7-15/h1-3,14-15H,4-13H2. The van der Waals surface area contributed by atoms with Gasteiger partial charge in [-0.3, -0.25) is 9.69 Å². The van der Waals surface area contributed by atoms with Gasteiger partial charge >= 0.3 is 5.97 Å². The molecule has 0 N–H and O–H groups in total. The monoisotopic (exact) mass is 327 g/mol. The fourth-order valence-electron chi connectivity index (χ4n) is 4.36. The summed E-state index contributed by atoms with van der Waals surface area (Å²) in [7, 11) is 0. The summed E-state index contributed by atoms with van der Waals surface area (Å²) in [5, 5.41) is 0. The van der Waals surface area contributed by atoms with E-state index in [2.05, 4.69) is 23.1 Å². The van der Waals surface area contributed by atoms with Crippen LogP contribution in [0.1, 0.15) is 55.1 Å². The third-order valence-corrected chi connectivity index (χ3v) is 5.98. The average Bonchev–Trinajstić information content (AvgIpc) is 3.45. The van der Waals surface area contributed by atoms with Crippen LogP contribution in [0.2, 0.25) is 0 Å². The van der Waals surface area contributed by atoms with Crippen molar-refractivity contribution in [3.05, 3.63) is 29.3 Å². The van der Waals surface area contributed by atoms with Gasteiger partial charge in [-0.25, -0.2) is 0 Å². The van der Waals surface area contributed by atoms with Crippen LogP contribution in [-0.4, -0.2) is 43.7 Å². The quantitative estimate of drug-likeness (QED) is 0.615. The van der Waals surface area contributed by atoms with Crippen LogP contribution in [0.5, 0.6) is 5.75 Å². The molecule has 4 aliphatic rings. The van der Waals surface area contributed by atoms with Crippen molar-refractivity contribution in [2.24, 2.45) is 5.41 Å². The highest BCUT2D eigenvalue weighted by molar-refractivity contribution is 5.76. The Hall–Kier alpha value is -1.39. The molecule has 4 fully saturated rings. The number of esters is 1. The Morgan fingerprint density at radius 1 is 1.17 bits per heavy atom. The van der Waals surface area contributed by atoms with E-state index in [-0.39, 0.29) is 5.97 Å². The van der Waals surface area contributed by atoms with E-state index >= 15 is 0 Å². The Labute approximate surface area is 143 Å². The third kappa shape index (κ3) is 2.76. The van der Waals surface area contributed by atoms with Crippen LogP contribution >= 0.6 is 0 Å². The molecule has 24 heavy (non-hydrogen) atoms. The van der Waals surface area contributed by atoms with E-state index in [1.54, 1.807) is 0 Å². The average molecular weight is 327 g/mol. The largest absolute Gasteiger partial charge is 0.425 e. The highest BCUT2D eigenvalue weighted by Gasteiger charge is 2.46. The van der Waals surface area contributed by atoms with E-state index in [0.29, 0.717) is 23.8 Å². The van der Waals surface area contributed by atoms with Crippen LogP contribution in [-0.2, 0) is 9.53 Å². The number of rotatable bonds is 5. The lowest BCUT2D eigenvalue weighted by molar-refractivity contribution is -0.139. The van der Waals surface area contributed by atoms with Crippen molar-refractivity contribution in [1.29, 1.82) is 0 Å². The zero-order chi connectivity index (χ0) is 16.1. The Balaban J connectivity index is 1.26. The Morgan fingerprint density at radius 2 is 1.83 bits per heavy atom. The van der Waals surface area contributed by atoms with Crippen molar-refractivity contribution < 1.29 is 14.3 Å². The zero-order valence-electron chi connectivity index (χ0n) is 14.1. The van der Waals surface area contributed by atoms with Gasteiger partial charge in [0.1, 0.15) is 5.75 Å². The number of ether oxygens (including phenoxy) is 2. The first-order chi connectivity index (χ1) is 11.7. The molecular formula is C20H25NO3. The number of benzene rings is 1. The van der Waals surface area contributed by atoms with Crippen molar-refractivity contribution in [2.75, 3.05) is 32.8 Å². The molecule has 2 heterocycles. The maximum Gasteiger partial charge on any atom is 0.325 e. The van der Waals surface area contributed by atoms with Crippen molar-refractivity contribution in [1.82, 2.24) is 4.90 Å². The lowest BCUT2D eigenvalue weighted by atomic mass is 9.79. The van der Waals surface area contributed by atoms with Crippen molar-refractivity contribution in [3.63, 3.8) is 0 Å². The predicted octanol–water partition coefficient (Wildman–Crippen LogP) is 3.07. The maximum absolute atomic E-state index is 12.5. The predicted molar refractivity (Wildman–Crippen MR) is 90.3 cm³/mol. The lowest BCUT2D eigenvalue weighted by Gasteiger charge is -2.46. The van der Waals surface area contributed by atoms with Gasteiger partial charge in [-0.1, -0.05) is 18.2 Å². The molecule has 2 aliphatic carbocycles. The van der Waals surface area contributed by atoms with E-state index in [9.17, 15) is 4.79 Å². The minimum absolute atomic E-state index is 0.0984. The second-order valence-electron chi connectivity index (χ2n) is 8.24. The van der Waals surface area contributed by atoms with E-state index in [4.69, 9.17) is 9.47 Å². The summed E-state index contributed by atoms with van der Waals surface area (Å²) in [5.74, 6) is 2.01. The second kappa shape index (κ2) is 5.57. The van der Waals surface area contributed by atoms with E-state index in [1.165, 1.54) is 36.8 Å². The van der Waals surface area contributed by atoms with Gasteiger partial charge in [-0.05, 0) is 55.1 Å². The summed E-state index contributed by atoms with van der Waals surface area (Å²) in [5.41, 5.74) is 2.85. The lowest BCUT2D eigenvalue weighted by Crippen LogP contribution is -2.58. The summed E-state index contributed by atoms with van der Waals surface area (Å²) >= 11 is 0. The van der Waals surface area contributed by atoms with E-state index in [0.717, 1.165) is 38.5 Å². The molecule has 0 amide bonds. The van der Waals surface area contributed by atoms with Crippen molar-refractivity contribution in [2.45, 2.75) is 43.9 Å². The van der Waals surface area contributed by atoms with Crippen molar-refractivity contribution >= 4 is 5.97 Å². The molecule has 0 radical (unpaired) electrons. The normalized spacial score (nSPS) is 25.7. The van der Waals surface area contributed by atoms with Crippen LogP contribution in [0.4, 0.5) is 0 Å². The minimum atomic E-state index is -0.0984. The number of likely N-dealkylation sites (tertiary alicyclic amines) is 1. The fraction of sp³-hybridized carbons (Fsp3) is 0.650. The summed E-state index contributed by atoms with van der Waals surface area (Å²) < 4.78 is 11.4. The molecule has 4 heteroatoms. The van der Waals surface area contributed by atoms with E-state index < -0.39 is 0 Å². The highest BCUT2D eigenvalue weighted by atomic mass is 16.5. The number of hydrogen-bond donors (Lipinski definition) is 0. The van der Waals surface area contributed by atoms with Gasteiger partial charge in [0.05, 0.1) is 13.2 Å². The highest BCUT2D eigenvalue weighted by Crippen LogP contribution is 2.51. The van der Waals surface area contributed by atoms with Crippen molar-refractivity contribution in [3.8, 4) is 5.75 Å². The Bertz CT molecular complexity index is 619. The van der Waals surface area contributed by atoms with Gasteiger partial charge in [0.2, 0.25) is 0 Å². The van der Waals surface area contributed by atoms with Crippen LogP contribution < -0.4 is 4.74 Å². The van der Waals surface area contributed by atoms with Gasteiger partial charge in [0, 0.05) is 25.1 Å². The summed E-state index contributed by atoms with van der Waals surface area (Å²) in [6, 6.07) is 6.44. The van der Waals surface area contributed by atoms with Crippen LogP contribution in [0.15, 0.2) is 18.2 Å². The second-order valence-corrected chi connectivity index (χ2v) is 8.24. The summed E-state index contributed by atoms with van der Waals surface area (Å²) in [4.78, 5) is 14.7. The number of nitrogens with zero attached hydrogens (tertiary/aromatic N) is 1. The molecule has 5 rings (SSSR count). The smallest absolute Gasteiger partial charge is 0.325 e. The fourth-order valence-corrected chi connectivity index (χ4v) is 4.36. The topological polar surface area (TPSA) is 38.8 Å². The molecule has 0 aromatic heterocycles. The molecule has 4 nitrogen and oxygen atoms in total. The summed E-state index contributed by atoms with van der Waals surface area (Å²) in [6.07, 6.45) is 6.05. The molecule has 1 spiro atoms. The molecular weight excluding hydrogens is 302 g/mol. The number of carbonyl (C=O) groups excluding carboxylic acids is 1. The molecule has 2 saturated carbocycles. The van der Waals surface area contributed by atoms with Crippen LogP contribution in [0.3, 0.4) is 0 Å². The van der Waals surface area contributed by atoms with Gasteiger partial charge in [0.25, 0.3) is 0 Å². The number of hydrogen-bond acceptors (Lipinski definition) is 4. The first-order valence-electron chi connectivity index (χ1n) is 9.36. The zero-order valence-corrected chi connectivity index (χ0v) is 14.1. The summed E-state index contributed by atoms with van der Waals surface area (Å²) in [6.45, 7) is 4.08. The molecule has 0 bridgehead atoms. The van der Waals surface area contributed by atoms with Gasteiger partial charge in [-0.2, -0.15) is 0 Å². The first kappa shape index (κ1) is 14.9. The Kier molecular flexibility index (Phi) is 3.46. The Morgan fingerprint density at radius 3 is 2.38 bits per heavy atom. The molecule has 0 unspecified atom stereocenters. The SMILES string of the molecule is O=C(CN1CC2(CCOC2)C1)Oc1c(C2CC2)cccc1C1CC1. The van der Waals surface area contributed by atoms with Crippen LogP contribution in [0.25, 0.3) is 0 Å². The molecule has 128 valence electrons. The van der Waals surface area contributed by atoms with E-state index in [1.807, 2.05) is 0 Å². The molecule has 1 aromatic rings. The first-order valence-corrected chi connectivity index (χ1v) is 9.36.